The van der Waals surface area contributed by atoms with Gasteiger partial charge in [-0.1, -0.05) is 6.92 Å². The van der Waals surface area contributed by atoms with Crippen LogP contribution in [0.3, 0.4) is 0 Å². The van der Waals surface area contributed by atoms with Crippen molar-refractivity contribution in [2.75, 3.05) is 6.54 Å². The summed E-state index contributed by atoms with van der Waals surface area (Å²) in [6.45, 7) is 2.22. The third-order valence-electron chi connectivity index (χ3n) is 0.771. The maximum absolute atomic E-state index is 10.5. The van der Waals surface area contributed by atoms with Gasteiger partial charge in [0.1, 0.15) is 0 Å². The lowest BCUT2D eigenvalue weighted by Gasteiger charge is -2.10. The van der Waals surface area contributed by atoms with E-state index in [1.165, 1.54) is 0 Å². The highest BCUT2D eigenvalue weighted by Crippen LogP contribution is 2.03. The Morgan fingerprint density at radius 3 is 2.22 bits per heavy atom. The van der Waals surface area contributed by atoms with Crippen molar-refractivity contribution in [1.82, 2.24) is 4.41 Å². The van der Waals surface area contributed by atoms with Gasteiger partial charge in [0, 0.05) is 15.0 Å². The summed E-state index contributed by atoms with van der Waals surface area (Å²) in [4.78, 5) is 0. The van der Waals surface area contributed by atoms with Crippen molar-refractivity contribution < 1.29 is 8.42 Å². The van der Waals surface area contributed by atoms with Gasteiger partial charge in [0.15, 0.2) is 0 Å². The molecule has 0 aliphatic carbocycles. The van der Waals surface area contributed by atoms with Crippen molar-refractivity contribution in [2.45, 2.75) is 13.3 Å². The van der Waals surface area contributed by atoms with E-state index in [1.807, 2.05) is 6.92 Å². The maximum atomic E-state index is 10.5. The average molecular weight is 170 g/mol. The minimum atomic E-state index is -3.24. The first-order valence-corrected chi connectivity index (χ1v) is 5.45. The van der Waals surface area contributed by atoms with E-state index in [1.54, 1.807) is 8.44 Å². The zero-order valence-corrected chi connectivity index (χ0v) is 7.21. The monoisotopic (exact) mass is 170 g/mol. The molecule has 2 N–H and O–H groups in total. The number of hydrazine groups is 1. The quantitative estimate of drug-likeness (QED) is 0.359. The number of hydrogen-bond donors (Lipinski definition) is 1. The molecule has 6 heteroatoms. The van der Waals surface area contributed by atoms with Gasteiger partial charge in [-0.2, -0.15) is 0 Å². The molecule has 0 radical (unpaired) electrons. The molecule has 0 amide bonds. The van der Waals surface area contributed by atoms with Gasteiger partial charge >= 0.3 is 0 Å². The molecular formula is C3H11N2O2PS. The van der Waals surface area contributed by atoms with Gasteiger partial charge in [0.25, 0.3) is 0 Å². The van der Waals surface area contributed by atoms with E-state index in [0.29, 0.717) is 6.54 Å². The van der Waals surface area contributed by atoms with Crippen LogP contribution in [-0.2, 0) is 9.64 Å². The molecule has 1 unspecified atom stereocenters. The predicted molar refractivity (Wildman–Crippen MR) is 39.8 cm³/mol. The molecule has 0 rings (SSSR count). The summed E-state index contributed by atoms with van der Waals surface area (Å²) in [6, 6.07) is 0. The van der Waals surface area contributed by atoms with E-state index in [4.69, 9.17) is 5.84 Å². The maximum Gasteiger partial charge on any atom is 0.237 e. The Balaban J connectivity index is 3.90. The van der Waals surface area contributed by atoms with Crippen LogP contribution < -0.4 is 5.84 Å². The molecule has 0 aliphatic heterocycles. The Morgan fingerprint density at radius 2 is 2.11 bits per heavy atom. The van der Waals surface area contributed by atoms with Crippen molar-refractivity contribution in [2.24, 2.45) is 5.84 Å². The van der Waals surface area contributed by atoms with Crippen molar-refractivity contribution in [3.8, 4) is 0 Å². The Labute approximate surface area is 57.4 Å². The second kappa shape index (κ2) is 3.46. The van der Waals surface area contributed by atoms with Crippen LogP contribution in [0.15, 0.2) is 0 Å². The van der Waals surface area contributed by atoms with Crippen LogP contribution in [0.5, 0.6) is 0 Å². The highest BCUT2D eigenvalue weighted by atomic mass is 32.7. The van der Waals surface area contributed by atoms with Crippen molar-refractivity contribution in [3.63, 3.8) is 0 Å². The molecule has 0 heterocycles. The largest absolute Gasteiger partial charge is 0.255 e. The highest BCUT2D eigenvalue weighted by Gasteiger charge is 2.08. The normalized spacial score (nSPS) is 12.4. The van der Waals surface area contributed by atoms with Crippen LogP contribution in [0.25, 0.3) is 0 Å². The molecule has 1 atom stereocenters. The Morgan fingerprint density at radius 1 is 1.67 bits per heavy atom. The molecule has 0 spiro atoms. The second-order valence-electron chi connectivity index (χ2n) is 1.66. The van der Waals surface area contributed by atoms with Gasteiger partial charge in [-0.15, -0.1) is 4.41 Å². The molecule has 0 saturated carbocycles. The molecular weight excluding hydrogens is 159 g/mol. The molecule has 9 heavy (non-hydrogen) atoms. The Bertz CT molecular complexity index is 167. The SMILES string of the molecule is CCCN(N)S(=O)(=O)P. The molecule has 0 aromatic carbocycles. The first-order chi connectivity index (χ1) is 3.98. The summed E-state index contributed by atoms with van der Waals surface area (Å²) >= 11 is 0. The fourth-order valence-corrected chi connectivity index (χ4v) is 1.10. The van der Waals surface area contributed by atoms with Gasteiger partial charge < -0.3 is 0 Å². The summed E-state index contributed by atoms with van der Waals surface area (Å²) < 4.78 is 21.8. The van der Waals surface area contributed by atoms with Gasteiger partial charge in [-0.05, 0) is 6.42 Å². The summed E-state index contributed by atoms with van der Waals surface area (Å²) in [7, 11) is -1.56. The minimum absolute atomic E-state index is 0.367. The van der Waals surface area contributed by atoms with Gasteiger partial charge in [-0.25, -0.2) is 8.42 Å². The lowest BCUT2D eigenvalue weighted by Crippen LogP contribution is -2.34. The molecule has 0 aromatic heterocycles. The van der Waals surface area contributed by atoms with E-state index in [9.17, 15) is 8.42 Å². The second-order valence-corrected chi connectivity index (χ2v) is 4.94. The molecule has 0 bridgehead atoms. The first kappa shape index (κ1) is 9.30. The van der Waals surface area contributed by atoms with Crippen LogP contribution in [0.4, 0.5) is 0 Å². The molecule has 0 aromatic rings. The topological polar surface area (TPSA) is 63.4 Å². The fourth-order valence-electron chi connectivity index (χ4n) is 0.348. The summed E-state index contributed by atoms with van der Waals surface area (Å²) in [5.41, 5.74) is 0. The predicted octanol–water partition coefficient (Wildman–Crippen LogP) is -0.308. The van der Waals surface area contributed by atoms with Crippen LogP contribution in [0, 0.1) is 0 Å². The Hall–Kier alpha value is 0.300. The molecule has 4 nitrogen and oxygen atoms in total. The van der Waals surface area contributed by atoms with E-state index in [2.05, 4.69) is 0 Å². The van der Waals surface area contributed by atoms with Crippen LogP contribution in [-0.4, -0.2) is 19.4 Å². The zero-order chi connectivity index (χ0) is 7.49. The Kier molecular flexibility index (Phi) is 3.58. The van der Waals surface area contributed by atoms with E-state index in [-0.39, 0.29) is 0 Å². The molecule has 0 saturated heterocycles. The van der Waals surface area contributed by atoms with Crippen molar-refractivity contribution in [1.29, 1.82) is 0 Å². The lowest BCUT2D eigenvalue weighted by atomic mass is 10.5. The average Bonchev–Trinajstić information content (AvgIpc) is 1.64. The summed E-state index contributed by atoms with van der Waals surface area (Å²) in [5, 5.41) is 0. The van der Waals surface area contributed by atoms with Crippen molar-refractivity contribution in [3.05, 3.63) is 0 Å². The van der Waals surface area contributed by atoms with Crippen LogP contribution >= 0.6 is 8.44 Å². The highest BCUT2D eigenvalue weighted by molar-refractivity contribution is 8.36. The zero-order valence-electron chi connectivity index (χ0n) is 5.24. The van der Waals surface area contributed by atoms with E-state index in [0.717, 1.165) is 10.8 Å². The molecule has 56 valence electrons. The van der Waals surface area contributed by atoms with E-state index < -0.39 is 9.64 Å². The van der Waals surface area contributed by atoms with Crippen LogP contribution in [0.2, 0.25) is 0 Å². The number of hydrogen-bond acceptors (Lipinski definition) is 3. The molecule has 0 fully saturated rings. The third kappa shape index (κ3) is 3.81. The molecule has 0 aliphatic rings. The van der Waals surface area contributed by atoms with Gasteiger partial charge in [0.2, 0.25) is 9.64 Å². The van der Waals surface area contributed by atoms with E-state index >= 15 is 0 Å². The number of nitrogens with two attached hydrogens (primary N) is 1. The minimum Gasteiger partial charge on any atom is -0.255 e. The lowest BCUT2D eigenvalue weighted by molar-refractivity contribution is 0.438. The number of nitrogens with zero attached hydrogens (tertiary/aromatic N) is 1. The van der Waals surface area contributed by atoms with Crippen LogP contribution in [0.1, 0.15) is 13.3 Å². The van der Waals surface area contributed by atoms with Gasteiger partial charge in [-0.3, -0.25) is 5.84 Å². The standard InChI is InChI=1S/C3H11N2O2PS/c1-2-3-5(4)9(6,7)8/h2-4,8H2,1H3. The summed E-state index contributed by atoms with van der Waals surface area (Å²) in [5.74, 6) is 5.09. The third-order valence-corrected chi connectivity index (χ3v) is 2.42. The first-order valence-electron chi connectivity index (χ1n) is 2.53. The number of rotatable bonds is 3. The van der Waals surface area contributed by atoms with Crippen molar-refractivity contribution >= 4 is 18.1 Å². The van der Waals surface area contributed by atoms with Gasteiger partial charge in [0.05, 0.1) is 0 Å². The summed E-state index contributed by atoms with van der Waals surface area (Å²) in [6.07, 6.45) is 0.726. The smallest absolute Gasteiger partial charge is 0.237 e. The fraction of sp³-hybridized carbons (Fsp3) is 1.00.